The van der Waals surface area contributed by atoms with Crippen molar-refractivity contribution in [2.24, 2.45) is 0 Å². The van der Waals surface area contributed by atoms with Crippen LogP contribution in [0.3, 0.4) is 0 Å². The first-order valence-electron chi connectivity index (χ1n) is 12.3. The van der Waals surface area contributed by atoms with Crippen molar-refractivity contribution >= 4 is 0 Å². The molecular weight excluding hydrogens is 406 g/mol. The lowest BCUT2D eigenvalue weighted by molar-refractivity contribution is 0.0106. The molecule has 2 atom stereocenters. The van der Waals surface area contributed by atoms with Crippen LogP contribution in [0, 0.1) is 6.92 Å². The van der Waals surface area contributed by atoms with Gasteiger partial charge in [-0.05, 0) is 72.5 Å². The fourth-order valence-electron chi connectivity index (χ4n) is 4.81. The molecule has 174 valence electrons. The molecular formula is C30H37NO2. The Hall–Kier alpha value is -2.46. The molecule has 0 bridgehead atoms. The van der Waals surface area contributed by atoms with Crippen LogP contribution in [-0.2, 0) is 22.5 Å². The average Bonchev–Trinajstić information content (AvgIpc) is 2.87. The Morgan fingerprint density at radius 1 is 0.909 bits per heavy atom. The Kier molecular flexibility index (Phi) is 8.71. The van der Waals surface area contributed by atoms with E-state index < -0.39 is 0 Å². The molecule has 1 fully saturated rings. The Bertz CT molecular complexity index is 1000. The molecule has 0 aliphatic carbocycles. The van der Waals surface area contributed by atoms with Gasteiger partial charge in [-0.1, -0.05) is 72.8 Å². The van der Waals surface area contributed by atoms with Crippen LogP contribution in [-0.4, -0.2) is 32.9 Å². The van der Waals surface area contributed by atoms with Crippen molar-refractivity contribution in [3.63, 3.8) is 0 Å². The monoisotopic (exact) mass is 443 g/mol. The summed E-state index contributed by atoms with van der Waals surface area (Å²) in [6, 6.07) is 26.4. The molecule has 0 aromatic heterocycles. The summed E-state index contributed by atoms with van der Waals surface area (Å²) in [4.78, 5) is 0. The van der Waals surface area contributed by atoms with E-state index >= 15 is 0 Å². The maximum Gasteiger partial charge on any atom is 0.0772 e. The number of benzene rings is 3. The number of methoxy groups -OCH3 is 1. The average molecular weight is 444 g/mol. The highest BCUT2D eigenvalue weighted by Gasteiger charge is 2.27. The van der Waals surface area contributed by atoms with E-state index in [0.29, 0.717) is 12.5 Å². The van der Waals surface area contributed by atoms with Gasteiger partial charge < -0.3 is 14.8 Å². The number of hydrogen-bond donors (Lipinski definition) is 1. The molecule has 33 heavy (non-hydrogen) atoms. The molecule has 1 heterocycles. The third-order valence-corrected chi connectivity index (χ3v) is 6.77. The molecule has 3 aromatic carbocycles. The fourth-order valence-corrected chi connectivity index (χ4v) is 4.81. The minimum absolute atomic E-state index is 0.177. The van der Waals surface area contributed by atoms with Crippen molar-refractivity contribution < 1.29 is 9.47 Å². The van der Waals surface area contributed by atoms with Crippen molar-refractivity contribution in [1.29, 1.82) is 0 Å². The molecule has 3 nitrogen and oxygen atoms in total. The maximum absolute atomic E-state index is 6.54. The van der Waals surface area contributed by atoms with Crippen LogP contribution in [0.5, 0.6) is 0 Å². The minimum atomic E-state index is 0.177. The molecule has 0 radical (unpaired) electrons. The zero-order valence-corrected chi connectivity index (χ0v) is 20.1. The molecule has 0 unspecified atom stereocenters. The molecule has 4 rings (SSSR count). The predicted molar refractivity (Wildman–Crippen MR) is 137 cm³/mol. The maximum atomic E-state index is 6.54. The molecule has 1 N–H and O–H groups in total. The number of nitrogens with one attached hydrogen (secondary N) is 1. The highest BCUT2D eigenvalue weighted by molar-refractivity contribution is 5.64. The van der Waals surface area contributed by atoms with Crippen molar-refractivity contribution in [3.8, 4) is 11.1 Å². The van der Waals surface area contributed by atoms with Gasteiger partial charge in [0.05, 0.1) is 12.7 Å². The summed E-state index contributed by atoms with van der Waals surface area (Å²) in [6.45, 7) is 5.64. The van der Waals surface area contributed by atoms with Crippen molar-refractivity contribution in [2.45, 2.75) is 51.2 Å². The third-order valence-electron chi connectivity index (χ3n) is 6.77. The summed E-state index contributed by atoms with van der Waals surface area (Å²) >= 11 is 0. The van der Waals surface area contributed by atoms with Gasteiger partial charge in [0.15, 0.2) is 0 Å². The number of rotatable bonds is 10. The Morgan fingerprint density at radius 2 is 1.76 bits per heavy atom. The zero-order chi connectivity index (χ0) is 22.9. The van der Waals surface area contributed by atoms with Crippen LogP contribution in [0.4, 0.5) is 0 Å². The highest BCUT2D eigenvalue weighted by Crippen LogP contribution is 2.31. The van der Waals surface area contributed by atoms with Crippen LogP contribution < -0.4 is 5.32 Å². The number of unbranched alkanes of at least 4 members (excludes halogenated alkanes) is 1. The standard InChI is InChI=1S/C30H37NO2/c1-23-14-15-24(19-26(23)11-6-7-18-32-2)22-33-30-21-31-17-16-29(30)28-13-8-12-27(20-28)25-9-4-3-5-10-25/h3-5,8-10,12-15,19-20,29-31H,6-7,11,16-18,21-22H2,1-2H3/t29-,30+/m1/s1. The van der Waals surface area contributed by atoms with E-state index in [4.69, 9.17) is 9.47 Å². The predicted octanol–water partition coefficient (Wildman–Crippen LogP) is 6.29. The normalized spacial score (nSPS) is 18.4. The molecule has 3 aromatic rings. The molecule has 0 spiro atoms. The second kappa shape index (κ2) is 12.1. The summed E-state index contributed by atoms with van der Waals surface area (Å²) in [7, 11) is 1.77. The summed E-state index contributed by atoms with van der Waals surface area (Å²) in [5.74, 6) is 0.411. The van der Waals surface area contributed by atoms with Crippen LogP contribution >= 0.6 is 0 Å². The van der Waals surface area contributed by atoms with Gasteiger partial charge >= 0.3 is 0 Å². The molecule has 0 saturated carbocycles. The van der Waals surface area contributed by atoms with E-state index in [0.717, 1.165) is 45.4 Å². The lowest BCUT2D eigenvalue weighted by Crippen LogP contribution is -2.41. The Labute approximate surface area is 199 Å². The van der Waals surface area contributed by atoms with Crippen LogP contribution in [0.1, 0.15) is 47.4 Å². The highest BCUT2D eigenvalue weighted by atomic mass is 16.5. The van der Waals surface area contributed by atoms with Gasteiger partial charge in [0.2, 0.25) is 0 Å². The SMILES string of the molecule is COCCCCc1cc(CO[C@H]2CNCC[C@@H]2c2cccc(-c3ccccc3)c2)ccc1C. The van der Waals surface area contributed by atoms with Gasteiger partial charge in [0, 0.05) is 26.2 Å². The van der Waals surface area contributed by atoms with Gasteiger partial charge in [0.25, 0.3) is 0 Å². The van der Waals surface area contributed by atoms with Crippen molar-refractivity contribution in [2.75, 3.05) is 26.8 Å². The van der Waals surface area contributed by atoms with Gasteiger partial charge in [-0.2, -0.15) is 0 Å². The first kappa shape index (κ1) is 23.7. The number of hydrogen-bond acceptors (Lipinski definition) is 3. The van der Waals surface area contributed by atoms with Gasteiger partial charge in [-0.25, -0.2) is 0 Å². The number of piperidine rings is 1. The molecule has 1 saturated heterocycles. The number of ether oxygens (including phenoxy) is 2. The van der Waals surface area contributed by atoms with E-state index in [9.17, 15) is 0 Å². The zero-order valence-electron chi connectivity index (χ0n) is 20.1. The number of aryl methyl sites for hydroxylation is 2. The minimum Gasteiger partial charge on any atom is -0.385 e. The fraction of sp³-hybridized carbons (Fsp3) is 0.400. The lowest BCUT2D eigenvalue weighted by atomic mass is 9.86. The van der Waals surface area contributed by atoms with Gasteiger partial charge in [-0.15, -0.1) is 0 Å². The summed E-state index contributed by atoms with van der Waals surface area (Å²) in [5, 5.41) is 3.54. The third kappa shape index (κ3) is 6.54. The topological polar surface area (TPSA) is 30.5 Å². The second-order valence-electron chi connectivity index (χ2n) is 9.15. The lowest BCUT2D eigenvalue weighted by Gasteiger charge is -2.33. The van der Waals surface area contributed by atoms with E-state index in [1.54, 1.807) is 7.11 Å². The summed E-state index contributed by atoms with van der Waals surface area (Å²) < 4.78 is 11.7. The van der Waals surface area contributed by atoms with Gasteiger partial charge in [-0.3, -0.25) is 0 Å². The van der Waals surface area contributed by atoms with E-state index in [2.05, 4.69) is 85.0 Å². The molecule has 3 heteroatoms. The van der Waals surface area contributed by atoms with Crippen LogP contribution in [0.25, 0.3) is 11.1 Å². The van der Waals surface area contributed by atoms with Crippen molar-refractivity contribution in [1.82, 2.24) is 5.32 Å². The Morgan fingerprint density at radius 3 is 2.61 bits per heavy atom. The first-order chi connectivity index (χ1) is 16.2. The van der Waals surface area contributed by atoms with Crippen molar-refractivity contribution in [3.05, 3.63) is 95.1 Å². The van der Waals surface area contributed by atoms with E-state index in [-0.39, 0.29) is 6.10 Å². The Balaban J connectivity index is 1.43. The summed E-state index contributed by atoms with van der Waals surface area (Å²) in [5.41, 5.74) is 7.99. The molecule has 1 aliphatic rings. The van der Waals surface area contributed by atoms with Crippen LogP contribution in [0.15, 0.2) is 72.8 Å². The summed E-state index contributed by atoms with van der Waals surface area (Å²) in [6.07, 6.45) is 4.64. The van der Waals surface area contributed by atoms with Crippen LogP contribution in [0.2, 0.25) is 0 Å². The van der Waals surface area contributed by atoms with Gasteiger partial charge in [0.1, 0.15) is 0 Å². The molecule has 0 amide bonds. The molecule has 1 aliphatic heterocycles. The largest absolute Gasteiger partial charge is 0.385 e. The van der Waals surface area contributed by atoms with E-state index in [1.165, 1.54) is 33.4 Å². The smallest absolute Gasteiger partial charge is 0.0772 e. The van der Waals surface area contributed by atoms with E-state index in [1.807, 2.05) is 0 Å². The first-order valence-corrected chi connectivity index (χ1v) is 12.3. The second-order valence-corrected chi connectivity index (χ2v) is 9.15. The quantitative estimate of drug-likeness (QED) is 0.373.